The number of carboxylic acid groups (broad SMARTS) is 1. The molecule has 18 heavy (non-hydrogen) atoms. The highest BCUT2D eigenvalue weighted by Crippen LogP contribution is 2.12. The van der Waals surface area contributed by atoms with Gasteiger partial charge in [0.2, 0.25) is 0 Å². The second-order valence-corrected chi connectivity index (χ2v) is 4.09. The first-order valence-corrected chi connectivity index (χ1v) is 5.76. The van der Waals surface area contributed by atoms with Gasteiger partial charge in [-0.1, -0.05) is 25.5 Å². The third kappa shape index (κ3) is 3.29. The number of amides is 1. The summed E-state index contributed by atoms with van der Waals surface area (Å²) in [6.45, 7) is 3.36. The third-order valence-electron chi connectivity index (χ3n) is 2.62. The van der Waals surface area contributed by atoms with Crippen molar-refractivity contribution in [2.24, 2.45) is 0 Å². The lowest BCUT2D eigenvalue weighted by atomic mass is 10.1. The largest absolute Gasteiger partial charge is 0.480 e. The number of hydrogen-bond donors (Lipinski definition) is 2. The molecule has 0 radical (unpaired) electrons. The molecular weight excluding hydrogens is 237 g/mol. The molecule has 4 nitrogen and oxygen atoms in total. The number of carbonyl (C=O) groups excluding carboxylic acids is 1. The van der Waals surface area contributed by atoms with Crippen LogP contribution in [-0.4, -0.2) is 23.0 Å². The summed E-state index contributed by atoms with van der Waals surface area (Å²) in [7, 11) is 0. The maximum absolute atomic E-state index is 13.7. The van der Waals surface area contributed by atoms with Gasteiger partial charge in [0, 0.05) is 0 Å². The number of aryl methyl sites for hydroxylation is 1. The summed E-state index contributed by atoms with van der Waals surface area (Å²) < 4.78 is 13.7. The number of benzene rings is 1. The molecular formula is C13H16FNO3. The molecule has 1 amide bonds. The molecule has 5 heteroatoms. The molecule has 0 fully saturated rings. The Kier molecular flexibility index (Phi) is 4.83. The zero-order valence-electron chi connectivity index (χ0n) is 10.4. The van der Waals surface area contributed by atoms with E-state index < -0.39 is 23.7 Å². The van der Waals surface area contributed by atoms with Crippen molar-refractivity contribution in [2.75, 3.05) is 0 Å². The molecule has 0 spiro atoms. The lowest BCUT2D eigenvalue weighted by molar-refractivity contribution is -0.139. The molecule has 1 aromatic carbocycles. The highest BCUT2D eigenvalue weighted by molar-refractivity contribution is 5.96. The summed E-state index contributed by atoms with van der Waals surface area (Å²) in [6.07, 6.45) is 0.933. The molecule has 0 bridgehead atoms. The molecule has 0 saturated carbocycles. The number of carbonyl (C=O) groups is 2. The third-order valence-corrected chi connectivity index (χ3v) is 2.62. The van der Waals surface area contributed by atoms with Gasteiger partial charge >= 0.3 is 5.97 Å². The topological polar surface area (TPSA) is 66.4 Å². The van der Waals surface area contributed by atoms with Gasteiger partial charge in [-0.15, -0.1) is 0 Å². The van der Waals surface area contributed by atoms with E-state index in [2.05, 4.69) is 5.32 Å². The van der Waals surface area contributed by atoms with Crippen LogP contribution in [0.3, 0.4) is 0 Å². The Hall–Kier alpha value is -1.91. The molecule has 0 aliphatic carbocycles. The average Bonchev–Trinajstić information content (AvgIpc) is 2.31. The van der Waals surface area contributed by atoms with E-state index in [-0.39, 0.29) is 5.56 Å². The first-order chi connectivity index (χ1) is 8.47. The first-order valence-electron chi connectivity index (χ1n) is 5.76. The van der Waals surface area contributed by atoms with Gasteiger partial charge in [-0.25, -0.2) is 9.18 Å². The van der Waals surface area contributed by atoms with Gasteiger partial charge in [0.1, 0.15) is 11.9 Å². The lowest BCUT2D eigenvalue weighted by Gasteiger charge is -2.14. The van der Waals surface area contributed by atoms with E-state index in [0.29, 0.717) is 18.4 Å². The predicted molar refractivity (Wildman–Crippen MR) is 64.9 cm³/mol. The van der Waals surface area contributed by atoms with E-state index in [1.807, 2.05) is 6.92 Å². The number of hydrogen-bond acceptors (Lipinski definition) is 2. The van der Waals surface area contributed by atoms with Crippen LogP contribution in [0.15, 0.2) is 18.2 Å². The van der Waals surface area contributed by atoms with Crippen LogP contribution < -0.4 is 5.32 Å². The van der Waals surface area contributed by atoms with Crippen molar-refractivity contribution in [3.63, 3.8) is 0 Å². The highest BCUT2D eigenvalue weighted by atomic mass is 19.1. The second-order valence-electron chi connectivity index (χ2n) is 4.09. The maximum Gasteiger partial charge on any atom is 0.326 e. The van der Waals surface area contributed by atoms with Crippen molar-refractivity contribution in [1.82, 2.24) is 5.32 Å². The van der Waals surface area contributed by atoms with Crippen molar-refractivity contribution in [3.8, 4) is 0 Å². The fourth-order valence-electron chi connectivity index (χ4n) is 1.60. The molecule has 1 atom stereocenters. The normalized spacial score (nSPS) is 11.9. The quantitative estimate of drug-likeness (QED) is 0.844. The zero-order valence-corrected chi connectivity index (χ0v) is 10.4. The number of aliphatic carboxylic acids is 1. The van der Waals surface area contributed by atoms with Crippen molar-refractivity contribution in [2.45, 2.75) is 32.7 Å². The summed E-state index contributed by atoms with van der Waals surface area (Å²) in [4.78, 5) is 22.7. The van der Waals surface area contributed by atoms with Gasteiger partial charge in [-0.3, -0.25) is 4.79 Å². The van der Waals surface area contributed by atoms with Gasteiger partial charge in [0.25, 0.3) is 5.91 Å². The van der Waals surface area contributed by atoms with Crippen LogP contribution in [0.2, 0.25) is 0 Å². The molecule has 0 aliphatic rings. The number of halogens is 1. The van der Waals surface area contributed by atoms with Crippen molar-refractivity contribution in [3.05, 3.63) is 35.1 Å². The van der Waals surface area contributed by atoms with Gasteiger partial charge < -0.3 is 10.4 Å². The van der Waals surface area contributed by atoms with Gasteiger partial charge in [0.05, 0.1) is 5.56 Å². The first kappa shape index (κ1) is 14.2. The smallest absolute Gasteiger partial charge is 0.326 e. The van der Waals surface area contributed by atoms with E-state index in [0.717, 1.165) is 0 Å². The minimum Gasteiger partial charge on any atom is -0.480 e. The summed E-state index contributed by atoms with van der Waals surface area (Å²) >= 11 is 0. The highest BCUT2D eigenvalue weighted by Gasteiger charge is 2.21. The molecule has 0 unspecified atom stereocenters. The SMILES string of the molecule is CCC[C@@H](NC(=O)c1cccc(C)c1F)C(=O)O. The molecule has 98 valence electrons. The zero-order chi connectivity index (χ0) is 13.7. The summed E-state index contributed by atoms with van der Waals surface area (Å²) in [5.74, 6) is -2.43. The Labute approximate surface area is 105 Å². The van der Waals surface area contributed by atoms with Crippen molar-refractivity contribution >= 4 is 11.9 Å². The Morgan fingerprint density at radius 2 is 2.11 bits per heavy atom. The van der Waals surface area contributed by atoms with Crippen LogP contribution in [0.1, 0.15) is 35.7 Å². The molecule has 1 rings (SSSR count). The molecule has 1 aromatic rings. The standard InChI is InChI=1S/C13H16FNO3/c1-3-5-10(13(17)18)15-12(16)9-7-4-6-8(2)11(9)14/h4,6-7,10H,3,5H2,1-2H3,(H,15,16)(H,17,18)/t10-/m1/s1. The van der Waals surface area contributed by atoms with Gasteiger partial charge in [-0.2, -0.15) is 0 Å². The summed E-state index contributed by atoms with van der Waals surface area (Å²) in [5.41, 5.74) is 0.224. The maximum atomic E-state index is 13.7. The van der Waals surface area contributed by atoms with Gasteiger partial charge in [0.15, 0.2) is 0 Å². The Bertz CT molecular complexity index is 460. The molecule has 0 heterocycles. The number of rotatable bonds is 5. The molecule has 0 saturated heterocycles. The Balaban J connectivity index is 2.87. The lowest BCUT2D eigenvalue weighted by Crippen LogP contribution is -2.41. The minimum absolute atomic E-state index is 0.127. The average molecular weight is 253 g/mol. The van der Waals surface area contributed by atoms with Crippen LogP contribution >= 0.6 is 0 Å². The van der Waals surface area contributed by atoms with Crippen LogP contribution in [-0.2, 0) is 4.79 Å². The van der Waals surface area contributed by atoms with Crippen LogP contribution in [0, 0.1) is 12.7 Å². The van der Waals surface area contributed by atoms with E-state index in [1.165, 1.54) is 6.07 Å². The summed E-state index contributed by atoms with van der Waals surface area (Å²) in [5, 5.41) is 11.2. The fraction of sp³-hybridized carbons (Fsp3) is 0.385. The molecule has 0 aromatic heterocycles. The van der Waals surface area contributed by atoms with E-state index in [4.69, 9.17) is 5.11 Å². The number of carboxylic acids is 1. The van der Waals surface area contributed by atoms with Crippen LogP contribution in [0.4, 0.5) is 4.39 Å². The van der Waals surface area contributed by atoms with E-state index in [1.54, 1.807) is 19.1 Å². The monoisotopic (exact) mass is 253 g/mol. The Morgan fingerprint density at radius 1 is 1.44 bits per heavy atom. The van der Waals surface area contributed by atoms with Crippen molar-refractivity contribution < 1.29 is 19.1 Å². The molecule has 0 aliphatic heterocycles. The fourth-order valence-corrected chi connectivity index (χ4v) is 1.60. The van der Waals surface area contributed by atoms with E-state index in [9.17, 15) is 14.0 Å². The van der Waals surface area contributed by atoms with Crippen molar-refractivity contribution in [1.29, 1.82) is 0 Å². The Morgan fingerprint density at radius 3 is 2.67 bits per heavy atom. The number of nitrogens with one attached hydrogen (secondary N) is 1. The van der Waals surface area contributed by atoms with Crippen LogP contribution in [0.5, 0.6) is 0 Å². The molecule has 2 N–H and O–H groups in total. The van der Waals surface area contributed by atoms with Gasteiger partial charge in [-0.05, 0) is 25.0 Å². The summed E-state index contributed by atoms with van der Waals surface area (Å²) in [6, 6.07) is 3.46. The second kappa shape index (κ2) is 6.14. The minimum atomic E-state index is -1.11. The van der Waals surface area contributed by atoms with E-state index >= 15 is 0 Å². The predicted octanol–water partition coefficient (Wildman–Crippen LogP) is 2.12. The van der Waals surface area contributed by atoms with Crippen LogP contribution in [0.25, 0.3) is 0 Å².